The van der Waals surface area contributed by atoms with E-state index >= 15 is 0 Å². The van der Waals surface area contributed by atoms with Crippen molar-refractivity contribution in [3.63, 3.8) is 0 Å². The molecule has 1 aromatic carbocycles. The summed E-state index contributed by atoms with van der Waals surface area (Å²) in [7, 11) is 1.25. The van der Waals surface area contributed by atoms with Crippen LogP contribution in [0.3, 0.4) is 0 Å². The molecule has 6 heteroatoms. The van der Waals surface area contributed by atoms with Gasteiger partial charge in [-0.3, -0.25) is 4.79 Å². The number of benzene rings is 1. The van der Waals surface area contributed by atoms with Gasteiger partial charge in [0.25, 0.3) is 13.3 Å². The van der Waals surface area contributed by atoms with Crippen LogP contribution < -0.4 is 11.1 Å². The Morgan fingerprint density at radius 2 is 2.36 bits per heavy atom. The van der Waals surface area contributed by atoms with Crippen LogP contribution in [0, 0.1) is 0 Å². The van der Waals surface area contributed by atoms with E-state index in [1.165, 1.54) is 37.8 Å². The minimum atomic E-state index is -0.385. The average Bonchev–Trinajstić information content (AvgIpc) is 2.25. The van der Waals surface area contributed by atoms with Crippen molar-refractivity contribution >= 4 is 19.4 Å². The van der Waals surface area contributed by atoms with E-state index in [0.29, 0.717) is 5.56 Å². The van der Waals surface area contributed by atoms with Gasteiger partial charge in [0.15, 0.2) is 0 Å². The van der Waals surface area contributed by atoms with Gasteiger partial charge in [-0.25, -0.2) is 5.43 Å². The first-order valence-corrected chi connectivity index (χ1v) is 3.85. The molecule has 71 valence electrons. The van der Waals surface area contributed by atoms with Gasteiger partial charge in [-0.2, -0.15) is 5.10 Å². The number of nitrogens with two attached hydrogens (primary N) is 1. The molecule has 0 aliphatic carbocycles. The van der Waals surface area contributed by atoms with Gasteiger partial charge in [0.1, 0.15) is 7.16 Å². The average molecular weight is 191 g/mol. The van der Waals surface area contributed by atoms with Gasteiger partial charge in [0, 0.05) is 11.7 Å². The molecule has 0 spiro atoms. The normalized spacial score (nSPS) is 11.0. The standard InChI is InChI=1S/C8H9BN3O2/c10-9-5-11-12-8(14)6-1-3-7(13)4-2-6/h1-5,13H,10H2,(H,12,14)/b11-5+/i10D. The first-order chi connectivity index (χ1) is 7.24. The Morgan fingerprint density at radius 3 is 3.00 bits per heavy atom. The fraction of sp³-hybridized carbons (Fsp3) is 0. The van der Waals surface area contributed by atoms with Crippen molar-refractivity contribution in [3.05, 3.63) is 29.8 Å². The molecule has 0 atom stereocenters. The van der Waals surface area contributed by atoms with Gasteiger partial charge in [0.2, 0.25) is 0 Å². The van der Waals surface area contributed by atoms with Crippen LogP contribution in [-0.2, 0) is 0 Å². The maximum atomic E-state index is 11.3. The van der Waals surface area contributed by atoms with E-state index in [2.05, 4.69) is 10.5 Å². The summed E-state index contributed by atoms with van der Waals surface area (Å²) in [6.45, 7) is 0. The van der Waals surface area contributed by atoms with E-state index in [9.17, 15) is 4.79 Å². The van der Waals surface area contributed by atoms with Crippen LogP contribution in [0.1, 0.15) is 10.4 Å². The molecule has 1 aromatic rings. The number of hydrazone groups is 1. The molecule has 0 unspecified atom stereocenters. The SMILES string of the molecule is [2H]N[B]/C=N/NC(=O)c1ccc(O)cc1. The second-order valence-corrected chi connectivity index (χ2v) is 2.43. The molecule has 1 amide bonds. The van der Waals surface area contributed by atoms with Gasteiger partial charge < -0.3 is 10.7 Å². The van der Waals surface area contributed by atoms with E-state index in [1.54, 1.807) is 0 Å². The highest BCUT2D eigenvalue weighted by Gasteiger charge is 2.02. The Labute approximate surface area is 83.3 Å². The van der Waals surface area contributed by atoms with Crippen molar-refractivity contribution in [3.8, 4) is 5.75 Å². The van der Waals surface area contributed by atoms with Crippen molar-refractivity contribution in [1.82, 2.24) is 5.43 Å². The number of nitrogens with one attached hydrogen (secondary N) is 1. The molecule has 0 aliphatic rings. The fourth-order valence-corrected chi connectivity index (χ4v) is 0.811. The molecule has 0 aromatic heterocycles. The van der Waals surface area contributed by atoms with E-state index in [1.807, 2.05) is 5.64 Å². The molecule has 1 rings (SSSR count). The second kappa shape index (κ2) is 5.03. The molecule has 0 bridgehead atoms. The highest BCUT2D eigenvalue weighted by atomic mass is 16.3. The Bertz CT molecular complexity index is 355. The third kappa shape index (κ3) is 2.91. The maximum Gasteiger partial charge on any atom is 0.271 e. The lowest BCUT2D eigenvalue weighted by Crippen LogP contribution is -2.19. The number of aromatic hydroxyl groups is 1. The zero-order valence-corrected chi connectivity index (χ0v) is 7.27. The van der Waals surface area contributed by atoms with Crippen molar-refractivity contribution in [2.24, 2.45) is 10.7 Å². The third-order valence-corrected chi connectivity index (χ3v) is 1.44. The van der Waals surface area contributed by atoms with Crippen LogP contribution in [-0.4, -0.2) is 24.5 Å². The quantitative estimate of drug-likeness (QED) is 0.345. The highest BCUT2D eigenvalue weighted by molar-refractivity contribution is 6.64. The zero-order chi connectivity index (χ0) is 11.1. The van der Waals surface area contributed by atoms with Gasteiger partial charge in [-0.15, -0.1) is 0 Å². The van der Waals surface area contributed by atoms with Gasteiger partial charge in [-0.05, 0) is 24.3 Å². The molecule has 0 saturated carbocycles. The maximum absolute atomic E-state index is 11.3. The molecule has 4 N–H and O–H groups in total. The summed E-state index contributed by atoms with van der Waals surface area (Å²) < 4.78 is 6.54. The topological polar surface area (TPSA) is 87.7 Å². The summed E-state index contributed by atoms with van der Waals surface area (Å²) in [5.74, 6) is -0.286. The summed E-state index contributed by atoms with van der Waals surface area (Å²) in [6.07, 6.45) is 1.24. The van der Waals surface area contributed by atoms with Crippen LogP contribution in [0.5, 0.6) is 5.75 Å². The lowest BCUT2D eigenvalue weighted by Gasteiger charge is -1.98. The van der Waals surface area contributed by atoms with Gasteiger partial charge >= 0.3 is 0 Å². The molecular formula is C8H9BN3O2. The van der Waals surface area contributed by atoms with Crippen LogP contribution >= 0.6 is 0 Å². The smallest absolute Gasteiger partial charge is 0.271 e. The first-order valence-electron chi connectivity index (χ1n) is 4.35. The predicted molar refractivity (Wildman–Crippen MR) is 54.0 cm³/mol. The lowest BCUT2D eigenvalue weighted by molar-refractivity contribution is 0.0955. The zero-order valence-electron chi connectivity index (χ0n) is 8.27. The lowest BCUT2D eigenvalue weighted by atomic mass is 10.0. The fourth-order valence-electron chi connectivity index (χ4n) is 0.811. The molecule has 0 fully saturated rings. The number of hydrogen-bond acceptors (Lipinski definition) is 4. The minimum Gasteiger partial charge on any atom is -0.508 e. The summed E-state index contributed by atoms with van der Waals surface area (Å²) >= 11 is 0. The first kappa shape index (κ1) is 8.77. The summed E-state index contributed by atoms with van der Waals surface area (Å²) in [5, 5.41) is 12.5. The molecule has 5 nitrogen and oxygen atoms in total. The minimum absolute atomic E-state index is 0.0989. The Hall–Kier alpha value is -1.82. The third-order valence-electron chi connectivity index (χ3n) is 1.44. The monoisotopic (exact) mass is 191 g/mol. The molecular weight excluding hydrogens is 181 g/mol. The number of nitrogens with zero attached hydrogens (tertiary/aromatic N) is 1. The predicted octanol–water partition coefficient (Wildman–Crippen LogP) is -0.357. The van der Waals surface area contributed by atoms with Crippen molar-refractivity contribution in [1.29, 1.82) is 0 Å². The van der Waals surface area contributed by atoms with Crippen LogP contribution in [0.2, 0.25) is 1.41 Å². The summed E-state index contributed by atoms with van der Waals surface area (Å²) in [6, 6.07) is 5.78. The van der Waals surface area contributed by atoms with Crippen molar-refractivity contribution < 1.29 is 11.3 Å². The number of carbonyl (C=O) groups is 1. The van der Waals surface area contributed by atoms with Crippen LogP contribution in [0.15, 0.2) is 29.4 Å². The highest BCUT2D eigenvalue weighted by Crippen LogP contribution is 2.08. The number of hydrogen-bond donors (Lipinski definition) is 3. The van der Waals surface area contributed by atoms with Gasteiger partial charge in [0.05, 0.1) is 0 Å². The Balaban J connectivity index is 2.50. The van der Waals surface area contributed by atoms with E-state index in [4.69, 9.17) is 6.52 Å². The van der Waals surface area contributed by atoms with E-state index < -0.39 is 0 Å². The summed E-state index contributed by atoms with van der Waals surface area (Å²) in [4.78, 5) is 11.3. The number of rotatable bonds is 4. The Kier molecular flexibility index (Phi) is 3.15. The molecule has 1 radical (unpaired) electrons. The van der Waals surface area contributed by atoms with E-state index in [-0.39, 0.29) is 11.7 Å². The van der Waals surface area contributed by atoms with Crippen LogP contribution in [0.25, 0.3) is 0 Å². The van der Waals surface area contributed by atoms with Crippen molar-refractivity contribution in [2.75, 3.05) is 0 Å². The number of phenolic OH excluding ortho intramolecular Hbond substituents is 1. The van der Waals surface area contributed by atoms with Gasteiger partial charge in [-0.1, -0.05) is 0 Å². The number of amides is 1. The van der Waals surface area contributed by atoms with Crippen LogP contribution in [0.4, 0.5) is 0 Å². The number of carbonyl (C=O) groups excluding carboxylic acids is 1. The largest absolute Gasteiger partial charge is 0.508 e. The van der Waals surface area contributed by atoms with Crippen molar-refractivity contribution in [2.45, 2.75) is 0 Å². The molecule has 14 heavy (non-hydrogen) atoms. The number of phenols is 1. The second-order valence-electron chi connectivity index (χ2n) is 2.43. The Morgan fingerprint density at radius 1 is 1.64 bits per heavy atom. The van der Waals surface area contributed by atoms with E-state index in [0.717, 1.165) is 0 Å². The molecule has 0 aliphatic heterocycles. The molecule has 0 heterocycles. The summed E-state index contributed by atoms with van der Waals surface area (Å²) in [5.41, 5.74) is 4.62. The molecule has 0 saturated heterocycles.